The number of nitrogens with one attached hydrogen (secondary N) is 1. The van der Waals surface area contributed by atoms with Crippen molar-refractivity contribution in [2.45, 2.75) is 122 Å². The van der Waals surface area contributed by atoms with Crippen molar-refractivity contribution in [3.8, 4) is 11.5 Å². The molecule has 256 valence electrons. The first-order valence-corrected chi connectivity index (χ1v) is 17.3. The van der Waals surface area contributed by atoms with E-state index in [1.165, 1.54) is 19.3 Å². The largest absolute Gasteiger partial charge is 0.497 e. The molecule has 2 aromatic heterocycles. The van der Waals surface area contributed by atoms with Crippen molar-refractivity contribution in [2.24, 2.45) is 11.8 Å². The molecule has 1 aromatic carbocycles. The highest BCUT2D eigenvalue weighted by Gasteiger charge is 2.55. The summed E-state index contributed by atoms with van der Waals surface area (Å²) < 4.78 is 37.9. The van der Waals surface area contributed by atoms with E-state index in [4.69, 9.17) is 33.4 Å². The average molecular weight is 650 g/mol. The molecule has 1 N–H and O–H groups in total. The number of ether oxygens (including phenoxy) is 6. The highest BCUT2D eigenvalue weighted by atomic mass is 16.9. The Morgan fingerprint density at radius 3 is 2.53 bits per heavy atom. The number of rotatable bonds is 13. The van der Waals surface area contributed by atoms with E-state index < -0.39 is 5.79 Å². The maximum Gasteiger partial charge on any atom is 0.163 e. The van der Waals surface area contributed by atoms with Gasteiger partial charge in [-0.3, -0.25) is 4.90 Å². The van der Waals surface area contributed by atoms with E-state index in [0.717, 1.165) is 59.2 Å². The first kappa shape index (κ1) is 32.6. The van der Waals surface area contributed by atoms with Gasteiger partial charge in [0.25, 0.3) is 0 Å². The van der Waals surface area contributed by atoms with Crippen LogP contribution in [-0.2, 0) is 25.5 Å². The molecule has 3 aromatic rings. The summed E-state index contributed by atoms with van der Waals surface area (Å²) in [5.41, 5.74) is 1.92. The van der Waals surface area contributed by atoms with Crippen LogP contribution in [0.1, 0.15) is 78.3 Å². The fourth-order valence-electron chi connectivity index (χ4n) is 8.27. The molecule has 7 rings (SSSR count). The van der Waals surface area contributed by atoms with Gasteiger partial charge in [0.05, 0.1) is 31.8 Å². The van der Waals surface area contributed by atoms with Gasteiger partial charge in [-0.2, -0.15) is 0 Å². The highest BCUT2D eigenvalue weighted by Crippen LogP contribution is 2.49. The van der Waals surface area contributed by atoms with Crippen molar-refractivity contribution in [3.63, 3.8) is 0 Å². The summed E-state index contributed by atoms with van der Waals surface area (Å²) in [6.07, 6.45) is 9.35. The smallest absolute Gasteiger partial charge is 0.163 e. The van der Waals surface area contributed by atoms with Crippen LogP contribution < -0.4 is 14.8 Å². The molecule has 0 spiro atoms. The second-order valence-corrected chi connectivity index (χ2v) is 14.5. The first-order chi connectivity index (χ1) is 22.6. The van der Waals surface area contributed by atoms with E-state index in [1.807, 2.05) is 39.0 Å². The van der Waals surface area contributed by atoms with Crippen molar-refractivity contribution < 1.29 is 28.4 Å². The summed E-state index contributed by atoms with van der Waals surface area (Å²) in [5.74, 6) is 2.79. The Bertz CT molecular complexity index is 1530. The van der Waals surface area contributed by atoms with E-state index >= 15 is 0 Å². The van der Waals surface area contributed by atoms with Crippen LogP contribution in [0.25, 0.3) is 11.0 Å². The summed E-state index contributed by atoms with van der Waals surface area (Å²) in [5, 5.41) is 4.50. The summed E-state index contributed by atoms with van der Waals surface area (Å²) in [7, 11) is 3.33. The molecular formula is C36H51N5O6. The maximum absolute atomic E-state index is 6.64. The fraction of sp³-hybridized carbons (Fsp3) is 0.667. The molecule has 2 saturated heterocycles. The van der Waals surface area contributed by atoms with Crippen molar-refractivity contribution >= 4 is 16.9 Å². The van der Waals surface area contributed by atoms with Gasteiger partial charge in [-0.25, -0.2) is 9.97 Å². The van der Waals surface area contributed by atoms with Crippen LogP contribution in [-0.4, -0.2) is 82.9 Å². The van der Waals surface area contributed by atoms with Crippen LogP contribution in [0.3, 0.4) is 0 Å². The number of nitrogens with zero attached hydrogens (tertiary/aromatic N) is 4. The third-order valence-corrected chi connectivity index (χ3v) is 10.6. The zero-order chi connectivity index (χ0) is 32.9. The first-order valence-electron chi connectivity index (χ1n) is 17.3. The lowest BCUT2D eigenvalue weighted by molar-refractivity contribution is -0.378. The molecule has 0 bridgehead atoms. The maximum atomic E-state index is 6.64. The topological polar surface area (TPSA) is 101 Å². The Morgan fingerprint density at radius 1 is 1.02 bits per heavy atom. The third kappa shape index (κ3) is 6.57. The molecule has 2 aliphatic carbocycles. The summed E-state index contributed by atoms with van der Waals surface area (Å²) in [6.45, 7) is 12.3. The van der Waals surface area contributed by atoms with E-state index in [0.29, 0.717) is 24.5 Å². The third-order valence-electron chi connectivity index (χ3n) is 10.6. The molecule has 4 aliphatic rings. The number of hydrogen-bond donors (Lipinski definition) is 1. The van der Waals surface area contributed by atoms with Gasteiger partial charge in [0.2, 0.25) is 0 Å². The van der Waals surface area contributed by atoms with Gasteiger partial charge < -0.3 is 38.3 Å². The minimum absolute atomic E-state index is 0.000580. The molecule has 4 heterocycles. The number of benzene rings is 1. The fourth-order valence-corrected chi connectivity index (χ4v) is 8.27. The van der Waals surface area contributed by atoms with Gasteiger partial charge in [-0.05, 0) is 90.8 Å². The highest BCUT2D eigenvalue weighted by molar-refractivity contribution is 5.87. The number of aromatic nitrogens is 3. The molecule has 0 radical (unpaired) electrons. The van der Waals surface area contributed by atoms with Crippen molar-refractivity contribution in [3.05, 3.63) is 42.4 Å². The molecule has 0 unspecified atom stereocenters. The predicted octanol–water partition coefficient (Wildman–Crippen LogP) is 6.13. The van der Waals surface area contributed by atoms with Gasteiger partial charge >= 0.3 is 0 Å². The second-order valence-electron chi connectivity index (χ2n) is 14.5. The molecule has 11 nitrogen and oxygen atoms in total. The van der Waals surface area contributed by atoms with Crippen LogP contribution in [0.15, 0.2) is 36.8 Å². The normalized spacial score (nSPS) is 31.2. The SMILES string of the molecule is COc1ccc(CNc2ncnc3c2ccn3[C@@H]2C[C@H](CN(C(C)C)C3CC(CCC4OC(C)O4)C3)[C@H]3OC(C)(C)O[C@H]32)c(OC)c1. The van der Waals surface area contributed by atoms with Crippen LogP contribution in [0.5, 0.6) is 11.5 Å². The quantitative estimate of drug-likeness (QED) is 0.233. The molecule has 4 atom stereocenters. The molecular weight excluding hydrogens is 598 g/mol. The van der Waals surface area contributed by atoms with Gasteiger partial charge in [-0.15, -0.1) is 0 Å². The number of hydrogen-bond acceptors (Lipinski definition) is 10. The molecule has 2 saturated carbocycles. The average Bonchev–Trinajstić information content (AvgIpc) is 3.68. The van der Waals surface area contributed by atoms with E-state index in [1.54, 1.807) is 20.5 Å². The van der Waals surface area contributed by atoms with Crippen molar-refractivity contribution in [2.75, 3.05) is 26.1 Å². The zero-order valence-electron chi connectivity index (χ0n) is 28.8. The Kier molecular flexibility index (Phi) is 9.12. The zero-order valence-corrected chi connectivity index (χ0v) is 28.8. The summed E-state index contributed by atoms with van der Waals surface area (Å²) in [4.78, 5) is 12.1. The van der Waals surface area contributed by atoms with Gasteiger partial charge in [0.1, 0.15) is 35.4 Å². The van der Waals surface area contributed by atoms with Gasteiger partial charge in [0.15, 0.2) is 18.4 Å². The Morgan fingerprint density at radius 2 is 1.81 bits per heavy atom. The predicted molar refractivity (Wildman–Crippen MR) is 178 cm³/mol. The standard InChI is InChI=1S/C36H51N5O6/c1-21(2)41(26-14-23(15-26)8-11-31-44-22(3)45-31)19-25-16-29(33-32(25)46-36(4,5)47-33)40-13-12-28-34(38-20-39-35(28)40)37-18-24-9-10-27(42-6)17-30(24)43-7/h9-10,12-13,17,20-23,25-26,29,31-33H,8,11,14-16,18-19H2,1-7H3,(H,37,38,39)/t22?,23?,25-,26?,29-,31?,32-,33+/m1/s1. The van der Waals surface area contributed by atoms with Gasteiger partial charge in [0, 0.05) is 48.9 Å². The number of methoxy groups -OCH3 is 2. The second kappa shape index (κ2) is 13.2. The van der Waals surface area contributed by atoms with E-state index in [-0.39, 0.29) is 30.8 Å². The summed E-state index contributed by atoms with van der Waals surface area (Å²) in [6, 6.07) is 9.14. The molecule has 11 heteroatoms. The Labute approximate surface area is 278 Å². The van der Waals surface area contributed by atoms with Crippen LogP contribution in [0.2, 0.25) is 0 Å². The van der Waals surface area contributed by atoms with Crippen molar-refractivity contribution in [1.82, 2.24) is 19.4 Å². The minimum atomic E-state index is -0.623. The molecule has 2 aliphatic heterocycles. The molecule has 0 amide bonds. The Hall–Kier alpha value is -2.96. The van der Waals surface area contributed by atoms with E-state index in [2.05, 4.69) is 45.9 Å². The number of anilines is 1. The monoisotopic (exact) mass is 649 g/mol. The summed E-state index contributed by atoms with van der Waals surface area (Å²) >= 11 is 0. The van der Waals surface area contributed by atoms with Crippen LogP contribution in [0, 0.1) is 11.8 Å². The van der Waals surface area contributed by atoms with Crippen molar-refractivity contribution in [1.29, 1.82) is 0 Å². The molecule has 47 heavy (non-hydrogen) atoms. The lowest BCUT2D eigenvalue weighted by atomic mass is 9.76. The lowest BCUT2D eigenvalue weighted by Gasteiger charge is -2.47. The van der Waals surface area contributed by atoms with Crippen LogP contribution >= 0.6 is 0 Å². The lowest BCUT2D eigenvalue weighted by Crippen LogP contribution is -2.51. The van der Waals surface area contributed by atoms with E-state index in [9.17, 15) is 0 Å². The Balaban J connectivity index is 1.05. The minimum Gasteiger partial charge on any atom is -0.497 e. The molecule has 4 fully saturated rings. The van der Waals surface area contributed by atoms with Gasteiger partial charge in [-0.1, -0.05) is 0 Å². The number of fused-ring (bicyclic) bond motifs is 2. The van der Waals surface area contributed by atoms with Crippen LogP contribution in [0.4, 0.5) is 5.82 Å².